The summed E-state index contributed by atoms with van der Waals surface area (Å²) in [5, 5.41) is 6.43. The lowest BCUT2D eigenvalue weighted by Crippen LogP contribution is -2.29. The molecule has 2 aliphatic rings. The van der Waals surface area contributed by atoms with Crippen LogP contribution in [-0.2, 0) is 4.79 Å². The van der Waals surface area contributed by atoms with Crippen molar-refractivity contribution in [1.82, 2.24) is 5.32 Å². The maximum absolute atomic E-state index is 11.6. The topological polar surface area (TPSA) is 50.4 Å². The second kappa shape index (κ2) is 5.58. The van der Waals surface area contributed by atoms with Crippen molar-refractivity contribution in [3.8, 4) is 5.75 Å². The number of hydrogen-bond acceptors (Lipinski definition) is 3. The summed E-state index contributed by atoms with van der Waals surface area (Å²) in [7, 11) is 0. The van der Waals surface area contributed by atoms with Gasteiger partial charge in [-0.3, -0.25) is 4.79 Å². The molecule has 1 aromatic carbocycles. The number of carbonyl (C=O) groups is 1. The average molecular weight is 288 g/mol. The van der Waals surface area contributed by atoms with Gasteiger partial charge in [0.05, 0.1) is 5.69 Å². The lowest BCUT2D eigenvalue weighted by Gasteiger charge is -2.10. The van der Waals surface area contributed by atoms with Gasteiger partial charge in [0.25, 0.3) is 0 Å². The van der Waals surface area contributed by atoms with Gasteiger partial charge >= 0.3 is 0 Å². The van der Waals surface area contributed by atoms with E-state index >= 15 is 0 Å². The number of carbonyl (C=O) groups excluding carboxylic acids is 1. The molecular weight excluding hydrogens is 264 g/mol. The predicted molar refractivity (Wildman–Crippen MR) is 83.5 cm³/mol. The quantitative estimate of drug-likeness (QED) is 0.875. The number of nitrogens with one attached hydrogen (secondary N) is 2. The molecule has 1 heterocycles. The van der Waals surface area contributed by atoms with E-state index in [0.29, 0.717) is 11.8 Å². The molecule has 114 valence electrons. The summed E-state index contributed by atoms with van der Waals surface area (Å²) in [6.07, 6.45) is 2.18. The number of amides is 1. The first kappa shape index (κ1) is 14.2. The standard InChI is InChI=1S/C17H24N2O2/c1-4-15-19-14-7-5-6-12(16(14)21-15)13-8-11(13)9-18-17(20)10(2)3/h5-7,10-11,13,15,19H,4,8-9H2,1-3H3,(H,18,20)/t11-,13+,15?/m0/s1. The van der Waals surface area contributed by atoms with Crippen LogP contribution in [0.2, 0.25) is 0 Å². The molecule has 3 atom stereocenters. The largest absolute Gasteiger partial charge is 0.468 e. The van der Waals surface area contributed by atoms with Crippen LogP contribution in [-0.4, -0.2) is 18.7 Å². The summed E-state index contributed by atoms with van der Waals surface area (Å²) in [6.45, 7) is 6.74. The zero-order chi connectivity index (χ0) is 15.0. The molecule has 1 unspecified atom stereocenters. The number of rotatable bonds is 5. The second-order valence-electron chi connectivity index (χ2n) is 6.39. The summed E-state index contributed by atoms with van der Waals surface area (Å²) < 4.78 is 6.00. The predicted octanol–water partition coefficient (Wildman–Crippen LogP) is 3.10. The summed E-state index contributed by atoms with van der Waals surface area (Å²) in [6, 6.07) is 6.32. The van der Waals surface area contributed by atoms with E-state index in [9.17, 15) is 4.79 Å². The Hall–Kier alpha value is -1.71. The SMILES string of the molecule is CCC1Nc2cccc([C@@H]3C[C@H]3CNC(=O)C(C)C)c2O1. The van der Waals surface area contributed by atoms with E-state index in [4.69, 9.17) is 4.74 Å². The van der Waals surface area contributed by atoms with Gasteiger partial charge in [-0.2, -0.15) is 0 Å². The number of fused-ring (bicyclic) bond motifs is 1. The average Bonchev–Trinajstić information content (AvgIpc) is 3.11. The summed E-state index contributed by atoms with van der Waals surface area (Å²) >= 11 is 0. The van der Waals surface area contributed by atoms with Crippen LogP contribution in [0, 0.1) is 11.8 Å². The van der Waals surface area contributed by atoms with Crippen LogP contribution in [0.1, 0.15) is 45.1 Å². The van der Waals surface area contributed by atoms with Crippen LogP contribution in [0.15, 0.2) is 18.2 Å². The number of anilines is 1. The van der Waals surface area contributed by atoms with Crippen LogP contribution in [0.4, 0.5) is 5.69 Å². The van der Waals surface area contributed by atoms with Crippen molar-refractivity contribution < 1.29 is 9.53 Å². The molecule has 1 amide bonds. The Balaban J connectivity index is 1.63. The first-order chi connectivity index (χ1) is 10.1. The molecular formula is C17H24N2O2. The number of ether oxygens (including phenoxy) is 1. The lowest BCUT2D eigenvalue weighted by atomic mass is 10.1. The molecule has 0 spiro atoms. The van der Waals surface area contributed by atoms with Crippen molar-refractivity contribution in [2.75, 3.05) is 11.9 Å². The normalized spacial score (nSPS) is 26.0. The fraction of sp³-hybridized carbons (Fsp3) is 0.588. The number of para-hydroxylation sites is 1. The van der Waals surface area contributed by atoms with Crippen LogP contribution in [0.5, 0.6) is 5.75 Å². The van der Waals surface area contributed by atoms with E-state index in [2.05, 4.69) is 35.8 Å². The van der Waals surface area contributed by atoms with E-state index in [1.807, 2.05) is 13.8 Å². The molecule has 1 saturated carbocycles. The van der Waals surface area contributed by atoms with Crippen LogP contribution < -0.4 is 15.4 Å². The lowest BCUT2D eigenvalue weighted by molar-refractivity contribution is -0.124. The van der Waals surface area contributed by atoms with Crippen molar-refractivity contribution in [1.29, 1.82) is 0 Å². The van der Waals surface area contributed by atoms with E-state index in [0.717, 1.165) is 30.8 Å². The van der Waals surface area contributed by atoms with E-state index in [1.165, 1.54) is 5.56 Å². The van der Waals surface area contributed by atoms with Crippen molar-refractivity contribution in [2.45, 2.75) is 45.8 Å². The number of hydrogen-bond donors (Lipinski definition) is 2. The van der Waals surface area contributed by atoms with Crippen LogP contribution >= 0.6 is 0 Å². The van der Waals surface area contributed by atoms with Gasteiger partial charge in [-0.25, -0.2) is 0 Å². The summed E-state index contributed by atoms with van der Waals surface area (Å²) in [4.78, 5) is 11.6. The smallest absolute Gasteiger partial charge is 0.222 e. The van der Waals surface area contributed by atoms with Gasteiger partial charge in [0.2, 0.25) is 5.91 Å². The molecule has 0 saturated heterocycles. The Labute approximate surface area is 126 Å². The fourth-order valence-corrected chi connectivity index (χ4v) is 2.91. The molecule has 21 heavy (non-hydrogen) atoms. The molecule has 2 N–H and O–H groups in total. The third kappa shape index (κ3) is 2.85. The van der Waals surface area contributed by atoms with E-state index in [1.54, 1.807) is 0 Å². The fourth-order valence-electron chi connectivity index (χ4n) is 2.91. The molecule has 0 aromatic heterocycles. The molecule has 1 aliphatic heterocycles. The highest BCUT2D eigenvalue weighted by Gasteiger charge is 2.41. The van der Waals surface area contributed by atoms with Crippen molar-refractivity contribution >= 4 is 11.6 Å². The molecule has 0 radical (unpaired) electrons. The first-order valence-corrected chi connectivity index (χ1v) is 7.94. The van der Waals surface area contributed by atoms with Gasteiger partial charge in [-0.05, 0) is 29.9 Å². The highest BCUT2D eigenvalue weighted by molar-refractivity contribution is 5.77. The van der Waals surface area contributed by atoms with Crippen LogP contribution in [0.25, 0.3) is 0 Å². The summed E-state index contributed by atoms with van der Waals surface area (Å²) in [5.41, 5.74) is 2.40. The Kier molecular flexibility index (Phi) is 3.79. The molecule has 4 nitrogen and oxygen atoms in total. The van der Waals surface area contributed by atoms with Crippen LogP contribution in [0.3, 0.4) is 0 Å². The third-order valence-corrected chi connectivity index (χ3v) is 4.38. The Morgan fingerprint density at radius 3 is 3.00 bits per heavy atom. The zero-order valence-corrected chi connectivity index (χ0v) is 13.0. The second-order valence-corrected chi connectivity index (χ2v) is 6.39. The molecule has 4 heteroatoms. The van der Waals surface area contributed by atoms with Crippen molar-refractivity contribution in [3.05, 3.63) is 23.8 Å². The minimum absolute atomic E-state index is 0.0565. The van der Waals surface area contributed by atoms with Gasteiger partial charge < -0.3 is 15.4 Å². The Morgan fingerprint density at radius 1 is 1.48 bits per heavy atom. The third-order valence-electron chi connectivity index (χ3n) is 4.38. The maximum Gasteiger partial charge on any atom is 0.222 e. The number of benzene rings is 1. The minimum Gasteiger partial charge on any atom is -0.468 e. The van der Waals surface area contributed by atoms with Crippen molar-refractivity contribution in [2.24, 2.45) is 11.8 Å². The Morgan fingerprint density at radius 2 is 2.29 bits per heavy atom. The highest BCUT2D eigenvalue weighted by atomic mass is 16.5. The highest BCUT2D eigenvalue weighted by Crippen LogP contribution is 2.52. The first-order valence-electron chi connectivity index (χ1n) is 7.94. The van der Waals surface area contributed by atoms with Gasteiger partial charge in [0.1, 0.15) is 5.75 Å². The monoisotopic (exact) mass is 288 g/mol. The van der Waals surface area contributed by atoms with Gasteiger partial charge in [-0.15, -0.1) is 0 Å². The van der Waals surface area contributed by atoms with E-state index in [-0.39, 0.29) is 18.1 Å². The van der Waals surface area contributed by atoms with Gasteiger partial charge in [0, 0.05) is 18.9 Å². The Bertz CT molecular complexity index is 542. The summed E-state index contributed by atoms with van der Waals surface area (Å²) in [5.74, 6) is 2.28. The molecule has 1 fully saturated rings. The minimum atomic E-state index is 0.0565. The molecule has 3 rings (SSSR count). The van der Waals surface area contributed by atoms with Gasteiger partial charge in [0.15, 0.2) is 6.23 Å². The molecule has 1 aromatic rings. The van der Waals surface area contributed by atoms with E-state index < -0.39 is 0 Å². The molecule has 1 aliphatic carbocycles. The van der Waals surface area contributed by atoms with Crippen molar-refractivity contribution in [3.63, 3.8) is 0 Å². The maximum atomic E-state index is 11.6. The molecule has 0 bridgehead atoms. The van der Waals surface area contributed by atoms with Gasteiger partial charge in [-0.1, -0.05) is 32.9 Å². The zero-order valence-electron chi connectivity index (χ0n) is 13.0.